The molecule has 1 aliphatic rings. The molecule has 5 nitrogen and oxygen atoms in total. The van der Waals surface area contributed by atoms with Gasteiger partial charge in [0.15, 0.2) is 0 Å². The molecule has 1 aromatic carbocycles. The number of ether oxygens (including phenoxy) is 1. The van der Waals surface area contributed by atoms with Gasteiger partial charge in [-0.25, -0.2) is 0 Å². The van der Waals surface area contributed by atoms with E-state index >= 15 is 0 Å². The van der Waals surface area contributed by atoms with E-state index in [9.17, 15) is 4.79 Å². The minimum Gasteiger partial charge on any atom is -0.497 e. The Kier molecular flexibility index (Phi) is 4.98. The fourth-order valence-corrected chi connectivity index (χ4v) is 2.80. The molecule has 1 aromatic rings. The van der Waals surface area contributed by atoms with Crippen molar-refractivity contribution in [3.05, 3.63) is 29.8 Å². The summed E-state index contributed by atoms with van der Waals surface area (Å²) >= 11 is 0. The summed E-state index contributed by atoms with van der Waals surface area (Å²) in [7, 11) is 1.66. The third-order valence-electron chi connectivity index (χ3n) is 3.79. The van der Waals surface area contributed by atoms with Gasteiger partial charge >= 0.3 is 0 Å². The van der Waals surface area contributed by atoms with Gasteiger partial charge in [-0.05, 0) is 24.1 Å². The zero-order valence-corrected chi connectivity index (χ0v) is 12.1. The summed E-state index contributed by atoms with van der Waals surface area (Å²) in [5, 5.41) is 2.98. The molecule has 0 spiro atoms. The van der Waals surface area contributed by atoms with Crippen LogP contribution in [0.4, 0.5) is 0 Å². The van der Waals surface area contributed by atoms with E-state index in [4.69, 9.17) is 10.5 Å². The molecule has 0 bridgehead atoms. The first kappa shape index (κ1) is 14.8. The topological polar surface area (TPSA) is 67.6 Å². The van der Waals surface area contributed by atoms with Crippen LogP contribution in [-0.2, 0) is 4.79 Å². The molecule has 0 radical (unpaired) electrons. The number of nitrogens with zero attached hydrogens (tertiary/aromatic N) is 1. The fourth-order valence-electron chi connectivity index (χ4n) is 2.80. The number of carbonyl (C=O) groups is 1. The second-order valence-electron chi connectivity index (χ2n) is 5.21. The average Bonchev–Trinajstić information content (AvgIpc) is 2.88. The van der Waals surface area contributed by atoms with Crippen molar-refractivity contribution in [2.75, 3.05) is 26.7 Å². The molecule has 1 heterocycles. The van der Waals surface area contributed by atoms with Crippen LogP contribution >= 0.6 is 0 Å². The van der Waals surface area contributed by atoms with Gasteiger partial charge in [0.05, 0.1) is 7.11 Å². The SMILES string of the molecule is COc1ccc(C(CN)N2CCC(NC(C)=O)C2)cc1. The number of nitrogens with two attached hydrogens (primary N) is 1. The van der Waals surface area contributed by atoms with Crippen LogP contribution < -0.4 is 15.8 Å². The molecule has 0 saturated carbocycles. The monoisotopic (exact) mass is 277 g/mol. The van der Waals surface area contributed by atoms with Gasteiger partial charge in [-0.2, -0.15) is 0 Å². The molecule has 1 saturated heterocycles. The number of hydrogen-bond acceptors (Lipinski definition) is 4. The normalized spacial score (nSPS) is 20.6. The van der Waals surface area contributed by atoms with E-state index in [0.717, 1.165) is 25.3 Å². The molecule has 5 heteroatoms. The molecule has 2 atom stereocenters. The molecule has 0 aliphatic carbocycles. The number of methoxy groups -OCH3 is 1. The molecular formula is C15H23N3O2. The highest BCUT2D eigenvalue weighted by atomic mass is 16.5. The summed E-state index contributed by atoms with van der Waals surface area (Å²) in [5.41, 5.74) is 7.13. The van der Waals surface area contributed by atoms with Gasteiger partial charge in [0, 0.05) is 38.6 Å². The van der Waals surface area contributed by atoms with Gasteiger partial charge < -0.3 is 15.8 Å². The van der Waals surface area contributed by atoms with E-state index in [2.05, 4.69) is 22.3 Å². The van der Waals surface area contributed by atoms with E-state index in [0.29, 0.717) is 6.54 Å². The zero-order chi connectivity index (χ0) is 14.5. The lowest BCUT2D eigenvalue weighted by Gasteiger charge is -2.27. The van der Waals surface area contributed by atoms with Crippen LogP contribution in [0.2, 0.25) is 0 Å². The first-order chi connectivity index (χ1) is 9.63. The first-order valence-corrected chi connectivity index (χ1v) is 6.99. The first-order valence-electron chi connectivity index (χ1n) is 6.99. The van der Waals surface area contributed by atoms with Crippen molar-refractivity contribution < 1.29 is 9.53 Å². The number of amides is 1. The van der Waals surface area contributed by atoms with Crippen molar-refractivity contribution in [2.45, 2.75) is 25.4 Å². The number of hydrogen-bond donors (Lipinski definition) is 2. The summed E-state index contributed by atoms with van der Waals surface area (Å²) in [6.07, 6.45) is 0.978. The van der Waals surface area contributed by atoms with E-state index in [1.807, 2.05) is 12.1 Å². The maximum absolute atomic E-state index is 11.1. The van der Waals surface area contributed by atoms with Gasteiger partial charge in [-0.15, -0.1) is 0 Å². The fraction of sp³-hybridized carbons (Fsp3) is 0.533. The minimum atomic E-state index is 0.0330. The Bertz CT molecular complexity index is 447. The Balaban J connectivity index is 2.03. The number of likely N-dealkylation sites (tertiary alicyclic amines) is 1. The van der Waals surface area contributed by atoms with Crippen molar-refractivity contribution in [1.82, 2.24) is 10.2 Å². The Hall–Kier alpha value is -1.59. The smallest absolute Gasteiger partial charge is 0.217 e. The standard InChI is InChI=1S/C15H23N3O2/c1-11(19)17-13-7-8-18(10-13)15(9-16)12-3-5-14(20-2)6-4-12/h3-6,13,15H,7-10,16H2,1-2H3,(H,17,19). The Morgan fingerprint density at radius 3 is 2.75 bits per heavy atom. The van der Waals surface area contributed by atoms with Crippen molar-refractivity contribution in [1.29, 1.82) is 0 Å². The lowest BCUT2D eigenvalue weighted by atomic mass is 10.1. The van der Waals surface area contributed by atoms with Gasteiger partial charge in [0.2, 0.25) is 5.91 Å². The molecule has 1 aliphatic heterocycles. The molecule has 0 aromatic heterocycles. The van der Waals surface area contributed by atoms with Crippen LogP contribution in [0, 0.1) is 0 Å². The van der Waals surface area contributed by atoms with Crippen LogP contribution in [0.3, 0.4) is 0 Å². The average molecular weight is 277 g/mol. The molecule has 1 amide bonds. The van der Waals surface area contributed by atoms with Gasteiger partial charge in [-0.1, -0.05) is 12.1 Å². The Morgan fingerprint density at radius 1 is 1.50 bits per heavy atom. The summed E-state index contributed by atoms with van der Waals surface area (Å²) in [6.45, 7) is 3.94. The van der Waals surface area contributed by atoms with Gasteiger partial charge in [0.25, 0.3) is 0 Å². The lowest BCUT2D eigenvalue weighted by Crippen LogP contribution is -2.38. The van der Waals surface area contributed by atoms with E-state index in [1.165, 1.54) is 5.56 Å². The highest BCUT2D eigenvalue weighted by Crippen LogP contribution is 2.25. The Labute approximate surface area is 120 Å². The predicted molar refractivity (Wildman–Crippen MR) is 78.6 cm³/mol. The number of carbonyl (C=O) groups excluding carboxylic acids is 1. The summed E-state index contributed by atoms with van der Waals surface area (Å²) in [5.74, 6) is 0.882. The van der Waals surface area contributed by atoms with Crippen LogP contribution in [0.5, 0.6) is 5.75 Å². The second-order valence-corrected chi connectivity index (χ2v) is 5.21. The molecule has 2 rings (SSSR count). The third kappa shape index (κ3) is 3.49. The highest BCUT2D eigenvalue weighted by Gasteiger charge is 2.28. The second kappa shape index (κ2) is 6.72. The molecular weight excluding hydrogens is 254 g/mol. The number of rotatable bonds is 5. The van der Waals surface area contributed by atoms with E-state index < -0.39 is 0 Å². The van der Waals surface area contributed by atoms with Crippen molar-refractivity contribution >= 4 is 5.91 Å². The van der Waals surface area contributed by atoms with Crippen molar-refractivity contribution in [2.24, 2.45) is 5.73 Å². The number of nitrogens with one attached hydrogen (secondary N) is 1. The maximum Gasteiger partial charge on any atom is 0.217 e. The summed E-state index contributed by atoms with van der Waals surface area (Å²) in [6, 6.07) is 8.46. The third-order valence-corrected chi connectivity index (χ3v) is 3.79. The number of benzene rings is 1. The maximum atomic E-state index is 11.1. The van der Waals surface area contributed by atoms with Crippen molar-refractivity contribution in [3.63, 3.8) is 0 Å². The van der Waals surface area contributed by atoms with Crippen LogP contribution in [-0.4, -0.2) is 43.6 Å². The molecule has 3 N–H and O–H groups in total. The summed E-state index contributed by atoms with van der Waals surface area (Å²) in [4.78, 5) is 13.5. The zero-order valence-electron chi connectivity index (χ0n) is 12.1. The van der Waals surface area contributed by atoms with Crippen LogP contribution in [0.1, 0.15) is 24.9 Å². The van der Waals surface area contributed by atoms with E-state index in [-0.39, 0.29) is 18.0 Å². The Morgan fingerprint density at radius 2 is 2.20 bits per heavy atom. The highest BCUT2D eigenvalue weighted by molar-refractivity contribution is 5.73. The quantitative estimate of drug-likeness (QED) is 0.839. The predicted octanol–water partition coefficient (Wildman–Crippen LogP) is 0.905. The van der Waals surface area contributed by atoms with Gasteiger partial charge in [-0.3, -0.25) is 9.69 Å². The molecule has 110 valence electrons. The van der Waals surface area contributed by atoms with Gasteiger partial charge in [0.1, 0.15) is 5.75 Å². The molecule has 1 fully saturated rings. The van der Waals surface area contributed by atoms with Crippen molar-refractivity contribution in [3.8, 4) is 5.75 Å². The molecule has 2 unspecified atom stereocenters. The van der Waals surface area contributed by atoms with E-state index in [1.54, 1.807) is 14.0 Å². The molecule has 20 heavy (non-hydrogen) atoms. The largest absolute Gasteiger partial charge is 0.497 e. The van der Waals surface area contributed by atoms with Crippen LogP contribution in [0.15, 0.2) is 24.3 Å². The lowest BCUT2D eigenvalue weighted by molar-refractivity contribution is -0.119. The summed E-state index contributed by atoms with van der Waals surface area (Å²) < 4.78 is 5.18. The minimum absolute atomic E-state index is 0.0330. The van der Waals surface area contributed by atoms with Crippen LogP contribution in [0.25, 0.3) is 0 Å².